The zero-order valence-corrected chi connectivity index (χ0v) is 7.72. The molecular weight excluding hydrogens is 167 g/mol. The highest BCUT2D eigenvalue weighted by atomic mass is 19.1. The lowest BCUT2D eigenvalue weighted by atomic mass is 10.0. The first-order valence-corrected chi connectivity index (χ1v) is 4.40. The zero-order valence-electron chi connectivity index (χ0n) is 7.72. The van der Waals surface area contributed by atoms with Gasteiger partial charge in [-0.3, -0.25) is 9.18 Å². The number of ketones is 1. The van der Waals surface area contributed by atoms with Gasteiger partial charge in [-0.2, -0.15) is 0 Å². The lowest BCUT2D eigenvalue weighted by molar-refractivity contribution is 0.101. The molecular formula is C11H13FO. The van der Waals surface area contributed by atoms with Gasteiger partial charge in [-0.1, -0.05) is 18.2 Å². The minimum Gasteiger partial charge on any atom is -0.295 e. The molecule has 0 heterocycles. The van der Waals surface area contributed by atoms with E-state index in [9.17, 15) is 9.18 Å². The van der Waals surface area contributed by atoms with Crippen LogP contribution < -0.4 is 0 Å². The van der Waals surface area contributed by atoms with Crippen LogP contribution in [0.5, 0.6) is 0 Å². The maximum Gasteiger partial charge on any atom is 0.159 e. The van der Waals surface area contributed by atoms with Crippen molar-refractivity contribution in [1.29, 1.82) is 0 Å². The molecule has 1 nitrogen and oxygen atoms in total. The molecule has 0 saturated heterocycles. The van der Waals surface area contributed by atoms with Crippen LogP contribution in [0.15, 0.2) is 24.3 Å². The number of carbonyl (C=O) groups excluding carboxylic acids is 1. The van der Waals surface area contributed by atoms with Gasteiger partial charge < -0.3 is 0 Å². The number of benzene rings is 1. The number of hydrogen-bond acceptors (Lipinski definition) is 1. The van der Waals surface area contributed by atoms with Crippen LogP contribution >= 0.6 is 0 Å². The van der Waals surface area contributed by atoms with Crippen LogP contribution in [0.25, 0.3) is 0 Å². The maximum absolute atomic E-state index is 11.9. The zero-order chi connectivity index (χ0) is 9.68. The third-order valence-electron chi connectivity index (χ3n) is 1.93. The first-order valence-electron chi connectivity index (χ1n) is 4.40. The summed E-state index contributed by atoms with van der Waals surface area (Å²) >= 11 is 0. The highest BCUT2D eigenvalue weighted by Gasteiger charge is 1.99. The minimum atomic E-state index is -0.301. The largest absolute Gasteiger partial charge is 0.295 e. The standard InChI is InChI=1S/C11H13FO/c1-9(13)11-6-2-4-10(8-11)5-3-7-12/h2,4,6,8H,3,5,7H2,1H3. The van der Waals surface area contributed by atoms with E-state index in [1.54, 1.807) is 6.07 Å². The first kappa shape index (κ1) is 9.90. The summed E-state index contributed by atoms with van der Waals surface area (Å²) in [5.74, 6) is 0.0575. The van der Waals surface area contributed by atoms with Crippen molar-refractivity contribution < 1.29 is 9.18 Å². The van der Waals surface area contributed by atoms with Gasteiger partial charge in [0.15, 0.2) is 5.78 Å². The quantitative estimate of drug-likeness (QED) is 0.651. The van der Waals surface area contributed by atoms with Crippen molar-refractivity contribution in [3.63, 3.8) is 0 Å². The predicted octanol–water partition coefficient (Wildman–Crippen LogP) is 2.79. The van der Waals surface area contributed by atoms with Crippen LogP contribution in [0.2, 0.25) is 0 Å². The van der Waals surface area contributed by atoms with E-state index in [1.807, 2.05) is 18.2 Å². The van der Waals surface area contributed by atoms with E-state index in [4.69, 9.17) is 0 Å². The second-order valence-corrected chi connectivity index (χ2v) is 3.05. The number of halogens is 1. The van der Waals surface area contributed by atoms with Gasteiger partial charge in [-0.25, -0.2) is 0 Å². The molecule has 0 N–H and O–H groups in total. The lowest BCUT2D eigenvalue weighted by Gasteiger charge is -2.00. The monoisotopic (exact) mass is 180 g/mol. The Balaban J connectivity index is 2.73. The maximum atomic E-state index is 11.9. The Labute approximate surface area is 77.6 Å². The summed E-state index contributed by atoms with van der Waals surface area (Å²) in [7, 11) is 0. The molecule has 0 aliphatic heterocycles. The van der Waals surface area contributed by atoms with Crippen molar-refractivity contribution in [2.24, 2.45) is 0 Å². The van der Waals surface area contributed by atoms with Crippen LogP contribution in [0, 0.1) is 0 Å². The fourth-order valence-corrected chi connectivity index (χ4v) is 1.22. The average molecular weight is 180 g/mol. The second-order valence-electron chi connectivity index (χ2n) is 3.05. The number of rotatable bonds is 4. The van der Waals surface area contributed by atoms with E-state index in [1.165, 1.54) is 6.92 Å². The number of alkyl halides is 1. The van der Waals surface area contributed by atoms with Crippen molar-refractivity contribution in [3.05, 3.63) is 35.4 Å². The molecule has 0 spiro atoms. The van der Waals surface area contributed by atoms with Gasteiger partial charge in [0.25, 0.3) is 0 Å². The van der Waals surface area contributed by atoms with E-state index >= 15 is 0 Å². The Morgan fingerprint density at radius 2 is 2.23 bits per heavy atom. The highest BCUT2D eigenvalue weighted by Crippen LogP contribution is 2.08. The Morgan fingerprint density at radius 1 is 1.46 bits per heavy atom. The topological polar surface area (TPSA) is 17.1 Å². The molecule has 70 valence electrons. The first-order chi connectivity index (χ1) is 6.24. The number of carbonyl (C=O) groups is 1. The summed E-state index contributed by atoms with van der Waals surface area (Å²) in [4.78, 5) is 11.0. The van der Waals surface area contributed by atoms with Crippen LogP contribution in [0.3, 0.4) is 0 Å². The second kappa shape index (κ2) is 4.75. The van der Waals surface area contributed by atoms with Gasteiger partial charge in [-0.15, -0.1) is 0 Å². The molecule has 0 radical (unpaired) electrons. The van der Waals surface area contributed by atoms with Gasteiger partial charge >= 0.3 is 0 Å². The SMILES string of the molecule is CC(=O)c1cccc(CCCF)c1. The van der Waals surface area contributed by atoms with Gasteiger partial charge in [0.05, 0.1) is 6.67 Å². The lowest BCUT2D eigenvalue weighted by Crippen LogP contribution is -1.94. The van der Waals surface area contributed by atoms with Crippen molar-refractivity contribution in [2.45, 2.75) is 19.8 Å². The van der Waals surface area contributed by atoms with Crippen molar-refractivity contribution in [3.8, 4) is 0 Å². The predicted molar refractivity (Wildman–Crippen MR) is 50.7 cm³/mol. The molecule has 0 bridgehead atoms. The average Bonchev–Trinajstić information content (AvgIpc) is 2.15. The molecule has 13 heavy (non-hydrogen) atoms. The van der Waals surface area contributed by atoms with E-state index < -0.39 is 0 Å². The summed E-state index contributed by atoms with van der Waals surface area (Å²) in [6, 6.07) is 7.37. The van der Waals surface area contributed by atoms with Gasteiger partial charge in [0.2, 0.25) is 0 Å². The molecule has 2 heteroatoms. The fourth-order valence-electron chi connectivity index (χ4n) is 1.22. The summed E-state index contributed by atoms with van der Waals surface area (Å²) in [5, 5.41) is 0. The number of aryl methyl sites for hydroxylation is 1. The van der Waals surface area contributed by atoms with Gasteiger partial charge in [0, 0.05) is 5.56 Å². The molecule has 0 aliphatic carbocycles. The van der Waals surface area contributed by atoms with Crippen LogP contribution in [-0.4, -0.2) is 12.5 Å². The molecule has 1 rings (SSSR count). The molecule has 0 aliphatic rings. The summed E-state index contributed by atoms with van der Waals surface area (Å²) in [6.07, 6.45) is 1.24. The number of hydrogen-bond donors (Lipinski definition) is 0. The third kappa shape index (κ3) is 2.98. The van der Waals surface area contributed by atoms with E-state index in [0.29, 0.717) is 18.4 Å². The minimum absolute atomic E-state index is 0.0575. The Morgan fingerprint density at radius 3 is 2.85 bits per heavy atom. The molecule has 0 fully saturated rings. The summed E-state index contributed by atoms with van der Waals surface area (Å²) in [6.45, 7) is 1.23. The normalized spacial score (nSPS) is 10.0. The van der Waals surface area contributed by atoms with Crippen molar-refractivity contribution in [1.82, 2.24) is 0 Å². The van der Waals surface area contributed by atoms with E-state index in [2.05, 4.69) is 0 Å². The molecule has 0 amide bonds. The Kier molecular flexibility index (Phi) is 3.62. The smallest absolute Gasteiger partial charge is 0.159 e. The molecule has 0 atom stereocenters. The Hall–Kier alpha value is -1.18. The van der Waals surface area contributed by atoms with Crippen LogP contribution in [-0.2, 0) is 6.42 Å². The molecule has 1 aromatic rings. The molecule has 0 unspecified atom stereocenters. The van der Waals surface area contributed by atoms with E-state index in [-0.39, 0.29) is 12.5 Å². The third-order valence-corrected chi connectivity index (χ3v) is 1.93. The van der Waals surface area contributed by atoms with Gasteiger partial charge in [-0.05, 0) is 31.4 Å². The molecule has 0 saturated carbocycles. The molecule has 0 aromatic heterocycles. The number of Topliss-reactive ketones (excluding diaryl/α,β-unsaturated/α-hetero) is 1. The highest BCUT2D eigenvalue weighted by molar-refractivity contribution is 5.94. The summed E-state index contributed by atoms with van der Waals surface area (Å²) < 4.78 is 11.9. The van der Waals surface area contributed by atoms with Crippen molar-refractivity contribution >= 4 is 5.78 Å². The van der Waals surface area contributed by atoms with Crippen molar-refractivity contribution in [2.75, 3.05) is 6.67 Å². The van der Waals surface area contributed by atoms with E-state index in [0.717, 1.165) is 5.56 Å². The fraction of sp³-hybridized carbons (Fsp3) is 0.364. The van der Waals surface area contributed by atoms with Gasteiger partial charge in [0.1, 0.15) is 0 Å². The van der Waals surface area contributed by atoms with Crippen LogP contribution in [0.4, 0.5) is 4.39 Å². The Bertz CT molecular complexity index is 294. The summed E-state index contributed by atoms with van der Waals surface area (Å²) in [5.41, 5.74) is 1.74. The molecule has 1 aromatic carbocycles. The van der Waals surface area contributed by atoms with Crippen LogP contribution in [0.1, 0.15) is 29.3 Å².